The fourth-order valence-corrected chi connectivity index (χ4v) is 2.73. The molecule has 1 aliphatic rings. The molecule has 2 heterocycles. The molecule has 7 nitrogen and oxygen atoms in total. The first-order chi connectivity index (χ1) is 11.0. The van der Waals surface area contributed by atoms with E-state index in [1.165, 1.54) is 0 Å². The van der Waals surface area contributed by atoms with Crippen LogP contribution < -0.4 is 5.32 Å². The second kappa shape index (κ2) is 5.75. The Balaban J connectivity index is 2.18. The molecule has 1 aromatic carbocycles. The predicted molar refractivity (Wildman–Crippen MR) is 84.0 cm³/mol. The molecule has 0 amide bonds. The molecule has 2 N–H and O–H groups in total. The van der Waals surface area contributed by atoms with Gasteiger partial charge in [0.1, 0.15) is 17.6 Å². The molecule has 0 radical (unpaired) electrons. The Kier molecular flexibility index (Phi) is 3.77. The maximum Gasteiger partial charge on any atom is 0.338 e. The van der Waals surface area contributed by atoms with Gasteiger partial charge in [0.2, 0.25) is 5.95 Å². The second-order valence-corrected chi connectivity index (χ2v) is 5.31. The summed E-state index contributed by atoms with van der Waals surface area (Å²) in [6.07, 6.45) is 0. The molecule has 0 aliphatic carbocycles. The summed E-state index contributed by atoms with van der Waals surface area (Å²) >= 11 is 0. The van der Waals surface area contributed by atoms with Gasteiger partial charge in [-0.2, -0.15) is 10.1 Å². The van der Waals surface area contributed by atoms with E-state index in [1.54, 1.807) is 43.7 Å². The summed E-state index contributed by atoms with van der Waals surface area (Å²) < 4.78 is 6.84. The fraction of sp³-hybridized carbons (Fsp3) is 0.312. The number of carbonyl (C=O) groups is 1. The average Bonchev–Trinajstić information content (AvgIpc) is 2.85. The lowest BCUT2D eigenvalue weighted by Gasteiger charge is -2.28. The highest BCUT2D eigenvalue weighted by molar-refractivity contribution is 5.92. The van der Waals surface area contributed by atoms with Crippen molar-refractivity contribution in [1.82, 2.24) is 14.8 Å². The Morgan fingerprint density at radius 3 is 2.91 bits per heavy atom. The van der Waals surface area contributed by atoms with Crippen molar-refractivity contribution >= 4 is 11.9 Å². The van der Waals surface area contributed by atoms with Gasteiger partial charge in [0.05, 0.1) is 12.2 Å². The van der Waals surface area contributed by atoms with E-state index in [4.69, 9.17) is 4.74 Å². The molecule has 2 aromatic rings. The van der Waals surface area contributed by atoms with Gasteiger partial charge in [-0.3, -0.25) is 0 Å². The molecule has 7 heteroatoms. The molecule has 1 aliphatic heterocycles. The topological polar surface area (TPSA) is 89.3 Å². The number of benzene rings is 1. The van der Waals surface area contributed by atoms with Crippen LogP contribution in [0.5, 0.6) is 5.75 Å². The summed E-state index contributed by atoms with van der Waals surface area (Å²) in [5, 5.41) is 17.3. The molecule has 0 fully saturated rings. The van der Waals surface area contributed by atoms with Gasteiger partial charge in [-0.25, -0.2) is 9.48 Å². The van der Waals surface area contributed by atoms with Gasteiger partial charge in [-0.15, -0.1) is 0 Å². The summed E-state index contributed by atoms with van der Waals surface area (Å²) in [5.74, 6) is 0.863. The summed E-state index contributed by atoms with van der Waals surface area (Å²) in [6.45, 7) is 5.63. The first-order valence-corrected chi connectivity index (χ1v) is 7.38. The molecule has 0 bridgehead atoms. The zero-order chi connectivity index (χ0) is 16.6. The van der Waals surface area contributed by atoms with E-state index >= 15 is 0 Å². The van der Waals surface area contributed by atoms with E-state index in [9.17, 15) is 9.90 Å². The molecule has 3 rings (SSSR count). The van der Waals surface area contributed by atoms with Crippen LogP contribution in [0.15, 0.2) is 35.5 Å². The molecule has 0 saturated heterocycles. The van der Waals surface area contributed by atoms with Crippen LogP contribution in [0.2, 0.25) is 0 Å². The summed E-state index contributed by atoms with van der Waals surface area (Å²) in [7, 11) is 0. The quantitative estimate of drug-likeness (QED) is 0.844. The van der Waals surface area contributed by atoms with Crippen LogP contribution in [0.3, 0.4) is 0 Å². The number of aryl methyl sites for hydroxylation is 1. The third kappa shape index (κ3) is 2.65. The minimum Gasteiger partial charge on any atom is -0.508 e. The number of phenolic OH excluding ortho intramolecular Hbond substituents is 1. The number of phenols is 1. The summed E-state index contributed by atoms with van der Waals surface area (Å²) in [6, 6.07) is 6.26. The van der Waals surface area contributed by atoms with Crippen molar-refractivity contribution in [2.24, 2.45) is 0 Å². The number of anilines is 1. The molecular weight excluding hydrogens is 296 g/mol. The van der Waals surface area contributed by atoms with Crippen molar-refractivity contribution in [1.29, 1.82) is 0 Å². The fourth-order valence-electron chi connectivity index (χ4n) is 2.73. The van der Waals surface area contributed by atoms with Crippen LogP contribution in [-0.2, 0) is 9.53 Å². The number of aromatic hydroxyl groups is 1. The van der Waals surface area contributed by atoms with Crippen molar-refractivity contribution in [2.45, 2.75) is 26.8 Å². The van der Waals surface area contributed by atoms with E-state index in [2.05, 4.69) is 15.4 Å². The monoisotopic (exact) mass is 314 g/mol. The number of carbonyl (C=O) groups excluding carboxylic acids is 1. The van der Waals surface area contributed by atoms with Gasteiger partial charge in [0, 0.05) is 5.70 Å². The largest absolute Gasteiger partial charge is 0.508 e. The van der Waals surface area contributed by atoms with E-state index < -0.39 is 12.0 Å². The van der Waals surface area contributed by atoms with Crippen LogP contribution in [0, 0.1) is 6.92 Å². The normalized spacial score (nSPS) is 16.7. The lowest BCUT2D eigenvalue weighted by molar-refractivity contribution is -0.139. The van der Waals surface area contributed by atoms with Gasteiger partial charge < -0.3 is 15.2 Å². The van der Waals surface area contributed by atoms with Gasteiger partial charge >= 0.3 is 5.97 Å². The molecular formula is C16H18N4O3. The van der Waals surface area contributed by atoms with Crippen LogP contribution in [0.4, 0.5) is 5.95 Å². The molecule has 120 valence electrons. The molecule has 1 atom stereocenters. The molecule has 23 heavy (non-hydrogen) atoms. The van der Waals surface area contributed by atoms with Crippen molar-refractivity contribution in [2.75, 3.05) is 11.9 Å². The first-order valence-electron chi connectivity index (χ1n) is 7.38. The number of fused-ring (bicyclic) bond motifs is 1. The average molecular weight is 314 g/mol. The Labute approximate surface area is 133 Å². The minimum absolute atomic E-state index is 0.125. The molecule has 0 spiro atoms. The lowest BCUT2D eigenvalue weighted by atomic mass is 9.95. The number of nitrogens with one attached hydrogen (secondary N) is 1. The SMILES string of the molecule is CCOC(=O)C1=C(C)Nc2nc(C)nn2[C@@H]1c1cccc(O)c1. The third-order valence-corrected chi connectivity index (χ3v) is 3.64. The summed E-state index contributed by atoms with van der Waals surface area (Å²) in [4.78, 5) is 16.8. The molecule has 0 unspecified atom stereocenters. The number of allylic oxidation sites excluding steroid dienone is 1. The van der Waals surface area contributed by atoms with Crippen LogP contribution in [0.1, 0.15) is 31.3 Å². The van der Waals surface area contributed by atoms with Crippen molar-refractivity contribution < 1.29 is 14.6 Å². The number of esters is 1. The number of aromatic nitrogens is 3. The molecule has 0 saturated carbocycles. The Morgan fingerprint density at radius 1 is 1.43 bits per heavy atom. The van der Waals surface area contributed by atoms with Gasteiger partial charge in [0.15, 0.2) is 0 Å². The Morgan fingerprint density at radius 2 is 2.22 bits per heavy atom. The number of hydrogen-bond donors (Lipinski definition) is 2. The number of ether oxygens (including phenoxy) is 1. The number of nitrogens with zero attached hydrogens (tertiary/aromatic N) is 3. The third-order valence-electron chi connectivity index (χ3n) is 3.64. The van der Waals surface area contributed by atoms with E-state index in [0.29, 0.717) is 23.0 Å². The van der Waals surface area contributed by atoms with Crippen molar-refractivity contribution in [3.8, 4) is 5.75 Å². The van der Waals surface area contributed by atoms with E-state index in [-0.39, 0.29) is 12.4 Å². The van der Waals surface area contributed by atoms with Gasteiger partial charge in [-0.1, -0.05) is 12.1 Å². The first kappa shape index (κ1) is 15.1. The highest BCUT2D eigenvalue weighted by Crippen LogP contribution is 2.36. The number of rotatable bonds is 3. The second-order valence-electron chi connectivity index (χ2n) is 5.31. The molecule has 1 aromatic heterocycles. The standard InChI is InChI=1S/C16H18N4O3/c1-4-23-15(22)13-9(2)17-16-18-10(3)19-20(16)14(13)11-6-5-7-12(21)8-11/h5-8,14,21H,4H2,1-3H3,(H,17,18,19)/t14-/m1/s1. The van der Waals surface area contributed by atoms with E-state index in [0.717, 1.165) is 5.56 Å². The summed E-state index contributed by atoms with van der Waals surface area (Å²) in [5.41, 5.74) is 1.85. The van der Waals surface area contributed by atoms with Gasteiger partial charge in [0.25, 0.3) is 0 Å². The maximum absolute atomic E-state index is 12.4. The predicted octanol–water partition coefficient (Wildman–Crippen LogP) is 2.14. The van der Waals surface area contributed by atoms with Crippen LogP contribution in [-0.4, -0.2) is 32.4 Å². The van der Waals surface area contributed by atoms with Crippen molar-refractivity contribution in [3.63, 3.8) is 0 Å². The Bertz CT molecular complexity index is 794. The lowest BCUT2D eigenvalue weighted by Crippen LogP contribution is -2.29. The highest BCUT2D eigenvalue weighted by atomic mass is 16.5. The van der Waals surface area contributed by atoms with E-state index in [1.807, 2.05) is 6.07 Å². The van der Waals surface area contributed by atoms with Crippen LogP contribution >= 0.6 is 0 Å². The van der Waals surface area contributed by atoms with Gasteiger partial charge in [-0.05, 0) is 38.5 Å². The maximum atomic E-state index is 12.4. The smallest absolute Gasteiger partial charge is 0.338 e. The zero-order valence-corrected chi connectivity index (χ0v) is 13.2. The Hall–Kier alpha value is -2.83. The van der Waals surface area contributed by atoms with Crippen LogP contribution in [0.25, 0.3) is 0 Å². The number of hydrogen-bond acceptors (Lipinski definition) is 6. The zero-order valence-electron chi connectivity index (χ0n) is 13.2. The minimum atomic E-state index is -0.501. The highest BCUT2D eigenvalue weighted by Gasteiger charge is 2.34. The van der Waals surface area contributed by atoms with Crippen molar-refractivity contribution in [3.05, 3.63) is 46.9 Å².